The van der Waals surface area contributed by atoms with E-state index in [1.807, 2.05) is 13.0 Å². The van der Waals surface area contributed by atoms with Crippen molar-refractivity contribution in [1.82, 2.24) is 0 Å². The van der Waals surface area contributed by atoms with Crippen molar-refractivity contribution >= 4 is 34.2 Å². The lowest BCUT2D eigenvalue weighted by Gasteiger charge is -2.24. The van der Waals surface area contributed by atoms with Gasteiger partial charge in [-0.2, -0.15) is 0 Å². The van der Waals surface area contributed by atoms with Crippen molar-refractivity contribution < 1.29 is 24.2 Å². The van der Waals surface area contributed by atoms with E-state index in [0.717, 1.165) is 11.3 Å². The van der Waals surface area contributed by atoms with Crippen molar-refractivity contribution in [2.45, 2.75) is 26.2 Å². The van der Waals surface area contributed by atoms with Crippen LogP contribution in [0.15, 0.2) is 18.2 Å². The average molecular weight is 337 g/mol. The van der Waals surface area contributed by atoms with Gasteiger partial charge in [0.05, 0.1) is 24.5 Å². The van der Waals surface area contributed by atoms with Gasteiger partial charge in [-0.1, -0.05) is 19.1 Å². The minimum atomic E-state index is -0.983. The number of aliphatic carboxylic acids is 1. The summed E-state index contributed by atoms with van der Waals surface area (Å²) in [5, 5.41) is 12.4. The first-order valence-electron chi connectivity index (χ1n) is 7.37. The normalized spacial score (nSPS) is 20.1. The molecule has 23 heavy (non-hydrogen) atoms. The van der Waals surface area contributed by atoms with Gasteiger partial charge < -0.3 is 15.2 Å². The van der Waals surface area contributed by atoms with Crippen molar-refractivity contribution in [3.05, 3.63) is 28.7 Å². The Morgan fingerprint density at radius 1 is 1.30 bits per heavy atom. The number of hydrogen-bond acceptors (Lipinski definition) is 5. The molecule has 0 radical (unpaired) electrons. The number of rotatable bonds is 5. The molecule has 0 aliphatic heterocycles. The van der Waals surface area contributed by atoms with E-state index in [1.165, 1.54) is 18.4 Å². The van der Waals surface area contributed by atoms with Crippen LogP contribution in [0.2, 0.25) is 0 Å². The highest BCUT2D eigenvalue weighted by molar-refractivity contribution is 7.16. The number of ether oxygens (including phenoxy) is 1. The van der Waals surface area contributed by atoms with Crippen LogP contribution < -0.4 is 5.32 Å². The number of carboxylic acids is 1. The second-order valence-corrected chi connectivity index (χ2v) is 6.42. The van der Waals surface area contributed by atoms with E-state index >= 15 is 0 Å². The summed E-state index contributed by atoms with van der Waals surface area (Å²) in [6.45, 7) is 1.95. The first kappa shape index (κ1) is 17.2. The molecule has 2 unspecified atom stereocenters. The summed E-state index contributed by atoms with van der Waals surface area (Å²) in [7, 11) is 1.28. The maximum absolute atomic E-state index is 12.5. The van der Waals surface area contributed by atoms with Gasteiger partial charge in [-0.05, 0) is 25.3 Å². The molecule has 0 spiro atoms. The lowest BCUT2D eigenvalue weighted by Crippen LogP contribution is -2.34. The zero-order valence-electron chi connectivity index (χ0n) is 13.0. The topological polar surface area (TPSA) is 92.7 Å². The van der Waals surface area contributed by atoms with Gasteiger partial charge in [-0.3, -0.25) is 9.59 Å². The predicted molar refractivity (Wildman–Crippen MR) is 86.7 cm³/mol. The number of allylic oxidation sites excluding steroid dienone is 2. The smallest absolute Gasteiger partial charge is 0.340 e. The second-order valence-electron chi connectivity index (χ2n) is 5.28. The van der Waals surface area contributed by atoms with Crippen LogP contribution in [0.5, 0.6) is 0 Å². The minimum absolute atomic E-state index is 0.306. The molecule has 1 aliphatic carbocycles. The molecule has 0 saturated carbocycles. The van der Waals surface area contributed by atoms with Gasteiger partial charge in [0.25, 0.3) is 0 Å². The summed E-state index contributed by atoms with van der Waals surface area (Å²) in [6.07, 6.45) is 5.04. The highest BCUT2D eigenvalue weighted by atomic mass is 32.1. The van der Waals surface area contributed by atoms with E-state index in [4.69, 9.17) is 4.74 Å². The molecule has 1 aliphatic rings. The van der Waals surface area contributed by atoms with Crippen LogP contribution in [0.1, 0.15) is 35.0 Å². The fourth-order valence-corrected chi connectivity index (χ4v) is 3.54. The molecule has 2 N–H and O–H groups in total. The molecule has 124 valence electrons. The van der Waals surface area contributed by atoms with E-state index in [0.29, 0.717) is 23.4 Å². The molecule has 0 fully saturated rings. The summed E-state index contributed by atoms with van der Waals surface area (Å²) in [4.78, 5) is 36.6. The lowest BCUT2D eigenvalue weighted by atomic mass is 9.82. The van der Waals surface area contributed by atoms with Crippen LogP contribution in [-0.2, 0) is 20.7 Å². The molecule has 2 rings (SSSR count). The standard InChI is InChI=1S/C16H19NO5S/c1-3-9-8-12(16(21)22-2)14(23-9)17-13(18)10-6-4-5-7-11(10)15(19)20/h4-5,8,10-11H,3,6-7H2,1-2H3,(H,17,18)(H,19,20). The second kappa shape index (κ2) is 7.41. The Labute approximate surface area is 138 Å². The Bertz CT molecular complexity index is 649. The summed E-state index contributed by atoms with van der Waals surface area (Å²) < 4.78 is 4.73. The Balaban J connectivity index is 2.22. The molecule has 0 saturated heterocycles. The molecule has 6 nitrogen and oxygen atoms in total. The van der Waals surface area contributed by atoms with Crippen molar-refractivity contribution in [2.75, 3.05) is 12.4 Å². The van der Waals surface area contributed by atoms with Gasteiger partial charge in [0.2, 0.25) is 5.91 Å². The number of anilines is 1. The third-order valence-corrected chi connectivity index (χ3v) is 5.05. The van der Waals surface area contributed by atoms with Gasteiger partial charge in [0, 0.05) is 4.88 Å². The number of methoxy groups -OCH3 is 1. The van der Waals surface area contributed by atoms with Crippen molar-refractivity contribution in [2.24, 2.45) is 11.8 Å². The summed E-state index contributed by atoms with van der Waals surface area (Å²) >= 11 is 1.31. The Hall–Kier alpha value is -2.15. The molecule has 0 aromatic carbocycles. The molecular weight excluding hydrogens is 318 g/mol. The van der Waals surface area contributed by atoms with Gasteiger partial charge in [-0.15, -0.1) is 11.3 Å². The molecule has 1 aromatic rings. The molecule has 7 heteroatoms. The number of esters is 1. The zero-order chi connectivity index (χ0) is 17.0. The highest BCUT2D eigenvalue weighted by Crippen LogP contribution is 2.32. The quantitative estimate of drug-likeness (QED) is 0.636. The van der Waals surface area contributed by atoms with Gasteiger partial charge >= 0.3 is 11.9 Å². The van der Waals surface area contributed by atoms with E-state index in [1.54, 1.807) is 12.1 Å². The largest absolute Gasteiger partial charge is 0.481 e. The fourth-order valence-electron chi connectivity index (χ4n) is 2.55. The van der Waals surface area contributed by atoms with Crippen molar-refractivity contribution in [1.29, 1.82) is 0 Å². The fraction of sp³-hybridized carbons (Fsp3) is 0.438. The monoisotopic (exact) mass is 337 g/mol. The first-order valence-corrected chi connectivity index (χ1v) is 8.19. The third-order valence-electron chi connectivity index (χ3n) is 3.86. The van der Waals surface area contributed by atoms with Crippen LogP contribution in [-0.4, -0.2) is 30.1 Å². The molecule has 1 aromatic heterocycles. The molecular formula is C16H19NO5S. The summed E-state index contributed by atoms with van der Waals surface area (Å²) in [6, 6.07) is 1.70. The molecule has 1 heterocycles. The van der Waals surface area contributed by atoms with E-state index in [2.05, 4.69) is 5.32 Å². The third kappa shape index (κ3) is 3.79. The number of thiophene rings is 1. The minimum Gasteiger partial charge on any atom is -0.481 e. The van der Waals surface area contributed by atoms with Crippen LogP contribution in [0.4, 0.5) is 5.00 Å². The van der Waals surface area contributed by atoms with Gasteiger partial charge in [0.15, 0.2) is 0 Å². The van der Waals surface area contributed by atoms with E-state index < -0.39 is 23.8 Å². The molecule has 0 bridgehead atoms. The molecule has 1 amide bonds. The first-order chi connectivity index (χ1) is 11.0. The number of aryl methyl sites for hydroxylation is 1. The summed E-state index contributed by atoms with van der Waals surface area (Å²) in [5.74, 6) is -3.27. The summed E-state index contributed by atoms with van der Waals surface area (Å²) in [5.41, 5.74) is 0.306. The van der Waals surface area contributed by atoms with Gasteiger partial charge in [-0.25, -0.2) is 4.79 Å². The van der Waals surface area contributed by atoms with E-state index in [9.17, 15) is 19.5 Å². The number of amides is 1. The van der Waals surface area contributed by atoms with Crippen molar-refractivity contribution in [3.63, 3.8) is 0 Å². The Morgan fingerprint density at radius 3 is 2.52 bits per heavy atom. The van der Waals surface area contributed by atoms with Gasteiger partial charge in [0.1, 0.15) is 5.00 Å². The number of carbonyl (C=O) groups is 3. The Kier molecular flexibility index (Phi) is 5.54. The number of carboxylic acid groups (broad SMARTS) is 1. The maximum atomic E-state index is 12.5. The predicted octanol–water partition coefficient (Wildman–Crippen LogP) is 2.70. The van der Waals surface area contributed by atoms with Crippen LogP contribution in [0, 0.1) is 11.8 Å². The number of hydrogen-bond donors (Lipinski definition) is 2. The van der Waals surface area contributed by atoms with E-state index in [-0.39, 0.29) is 5.91 Å². The SMILES string of the molecule is CCc1cc(C(=O)OC)c(NC(=O)C2CC=CCC2C(=O)O)s1. The number of carbonyl (C=O) groups excluding carboxylic acids is 2. The lowest BCUT2D eigenvalue weighted by molar-refractivity contribution is -0.146. The average Bonchev–Trinajstić information content (AvgIpc) is 2.97. The van der Waals surface area contributed by atoms with Crippen LogP contribution >= 0.6 is 11.3 Å². The maximum Gasteiger partial charge on any atom is 0.340 e. The highest BCUT2D eigenvalue weighted by Gasteiger charge is 2.34. The van der Waals surface area contributed by atoms with Crippen LogP contribution in [0.3, 0.4) is 0 Å². The van der Waals surface area contributed by atoms with Crippen molar-refractivity contribution in [3.8, 4) is 0 Å². The number of nitrogens with one attached hydrogen (secondary N) is 1. The Morgan fingerprint density at radius 2 is 1.96 bits per heavy atom. The molecule has 2 atom stereocenters. The zero-order valence-corrected chi connectivity index (χ0v) is 13.8. The van der Waals surface area contributed by atoms with Crippen LogP contribution in [0.25, 0.3) is 0 Å².